The van der Waals surface area contributed by atoms with Crippen molar-refractivity contribution >= 4 is 5.91 Å². The summed E-state index contributed by atoms with van der Waals surface area (Å²) in [5, 5.41) is 40.5. The van der Waals surface area contributed by atoms with E-state index in [1.54, 1.807) is 13.0 Å². The first-order valence-electron chi connectivity index (χ1n) is 9.10. The van der Waals surface area contributed by atoms with Gasteiger partial charge in [0, 0.05) is 12.6 Å². The van der Waals surface area contributed by atoms with Gasteiger partial charge in [-0.2, -0.15) is 4.98 Å². The number of nitrogens with zero attached hydrogens (tertiary/aromatic N) is 3. The molecule has 29 heavy (non-hydrogen) atoms. The fourth-order valence-electron chi connectivity index (χ4n) is 2.83. The standard InChI is InChI=1S/C19H22N4O6/c1-5-20-18(27)15-14(17-21-19(9(4)24)29-23-17)16(28-22-15)11-6-10(8(2)3)12(25)7-13(11)26/h6-9,24-26H,5H2,1-4H3,(H,20,27)/t9-/m0/s1. The highest BCUT2D eigenvalue weighted by molar-refractivity contribution is 6.01. The van der Waals surface area contributed by atoms with Gasteiger partial charge in [-0.25, -0.2) is 0 Å². The first kappa shape index (κ1) is 20.3. The van der Waals surface area contributed by atoms with Crippen LogP contribution in [-0.2, 0) is 0 Å². The molecule has 1 amide bonds. The van der Waals surface area contributed by atoms with Crippen LogP contribution in [0.2, 0.25) is 0 Å². The average molecular weight is 402 g/mol. The molecule has 10 nitrogen and oxygen atoms in total. The molecule has 0 bridgehead atoms. The SMILES string of the molecule is CCNC(=O)c1noc(-c2cc(C(C)C)c(O)cc2O)c1-c1noc([C@H](C)O)n1. The van der Waals surface area contributed by atoms with Crippen LogP contribution in [0.15, 0.2) is 21.2 Å². The Labute approximate surface area is 166 Å². The van der Waals surface area contributed by atoms with Crippen molar-refractivity contribution in [2.24, 2.45) is 0 Å². The minimum atomic E-state index is -1.01. The van der Waals surface area contributed by atoms with Gasteiger partial charge in [0.1, 0.15) is 23.2 Å². The van der Waals surface area contributed by atoms with E-state index >= 15 is 0 Å². The summed E-state index contributed by atoms with van der Waals surface area (Å²) in [6, 6.07) is 2.75. The Kier molecular flexibility index (Phi) is 5.55. The van der Waals surface area contributed by atoms with Gasteiger partial charge in [0.25, 0.3) is 11.8 Å². The van der Waals surface area contributed by atoms with E-state index in [2.05, 4.69) is 20.6 Å². The highest BCUT2D eigenvalue weighted by Gasteiger charge is 2.30. The zero-order chi connectivity index (χ0) is 21.3. The summed E-state index contributed by atoms with van der Waals surface area (Å²) in [6.07, 6.45) is -1.01. The molecule has 3 rings (SSSR count). The second-order valence-electron chi connectivity index (χ2n) is 6.81. The lowest BCUT2D eigenvalue weighted by Gasteiger charge is -2.11. The number of aliphatic hydroxyl groups is 1. The number of carbonyl (C=O) groups excluding carboxylic acids is 1. The van der Waals surface area contributed by atoms with Crippen LogP contribution in [0, 0.1) is 0 Å². The number of phenols is 2. The molecular formula is C19H22N4O6. The Bertz CT molecular complexity index is 1040. The lowest BCUT2D eigenvalue weighted by Crippen LogP contribution is -2.23. The van der Waals surface area contributed by atoms with E-state index in [0.717, 1.165) is 0 Å². The van der Waals surface area contributed by atoms with E-state index in [4.69, 9.17) is 9.05 Å². The number of carbonyl (C=O) groups is 1. The summed E-state index contributed by atoms with van der Waals surface area (Å²) >= 11 is 0. The third kappa shape index (κ3) is 3.79. The first-order valence-corrected chi connectivity index (χ1v) is 9.10. The zero-order valence-corrected chi connectivity index (χ0v) is 16.4. The molecule has 2 heterocycles. The normalized spacial score (nSPS) is 12.3. The highest BCUT2D eigenvalue weighted by atomic mass is 16.5. The van der Waals surface area contributed by atoms with Crippen LogP contribution in [0.25, 0.3) is 22.7 Å². The minimum absolute atomic E-state index is 0.0306. The van der Waals surface area contributed by atoms with Crippen LogP contribution in [0.4, 0.5) is 0 Å². The number of rotatable bonds is 6. The second-order valence-corrected chi connectivity index (χ2v) is 6.81. The van der Waals surface area contributed by atoms with Gasteiger partial charge in [-0.05, 0) is 31.4 Å². The molecule has 0 saturated heterocycles. The largest absolute Gasteiger partial charge is 0.508 e. The molecule has 2 aromatic heterocycles. The molecule has 10 heteroatoms. The van der Waals surface area contributed by atoms with Crippen molar-refractivity contribution in [3.05, 3.63) is 29.3 Å². The van der Waals surface area contributed by atoms with Gasteiger partial charge in [0.15, 0.2) is 11.5 Å². The quantitative estimate of drug-likeness (QED) is 0.487. The predicted molar refractivity (Wildman–Crippen MR) is 101 cm³/mol. The summed E-state index contributed by atoms with van der Waals surface area (Å²) in [5.74, 6) is -0.959. The van der Waals surface area contributed by atoms with E-state index in [1.807, 2.05) is 13.8 Å². The molecule has 1 atom stereocenters. The molecule has 0 unspecified atom stereocenters. The minimum Gasteiger partial charge on any atom is -0.508 e. The topological polar surface area (TPSA) is 155 Å². The van der Waals surface area contributed by atoms with Crippen molar-refractivity contribution in [3.8, 4) is 34.2 Å². The van der Waals surface area contributed by atoms with Gasteiger partial charge in [-0.1, -0.05) is 24.2 Å². The number of aromatic nitrogens is 3. The Morgan fingerprint density at radius 3 is 2.45 bits per heavy atom. The Morgan fingerprint density at radius 1 is 1.14 bits per heavy atom. The third-order valence-electron chi connectivity index (χ3n) is 4.28. The van der Waals surface area contributed by atoms with Crippen molar-refractivity contribution in [3.63, 3.8) is 0 Å². The number of hydrogen-bond donors (Lipinski definition) is 4. The van der Waals surface area contributed by atoms with Crippen molar-refractivity contribution < 1.29 is 29.2 Å². The fourth-order valence-corrected chi connectivity index (χ4v) is 2.83. The molecule has 0 aliphatic heterocycles. The highest BCUT2D eigenvalue weighted by Crippen LogP contribution is 2.42. The molecule has 4 N–H and O–H groups in total. The maximum Gasteiger partial charge on any atom is 0.274 e. The van der Waals surface area contributed by atoms with Gasteiger partial charge >= 0.3 is 0 Å². The molecule has 0 aliphatic carbocycles. The molecule has 0 fully saturated rings. The maximum absolute atomic E-state index is 12.5. The lowest BCUT2D eigenvalue weighted by atomic mass is 9.96. The summed E-state index contributed by atoms with van der Waals surface area (Å²) in [6.45, 7) is 7.32. The van der Waals surface area contributed by atoms with Gasteiger partial charge in [0.2, 0.25) is 5.82 Å². The van der Waals surface area contributed by atoms with Crippen molar-refractivity contribution in [2.75, 3.05) is 6.54 Å². The van der Waals surface area contributed by atoms with Crippen LogP contribution in [0.1, 0.15) is 61.7 Å². The van der Waals surface area contributed by atoms with Crippen molar-refractivity contribution in [2.45, 2.75) is 39.7 Å². The predicted octanol–water partition coefficient (Wildman–Crippen LogP) is 2.73. The van der Waals surface area contributed by atoms with Crippen molar-refractivity contribution in [1.29, 1.82) is 0 Å². The van der Waals surface area contributed by atoms with Crippen LogP contribution in [-0.4, -0.2) is 43.1 Å². The van der Waals surface area contributed by atoms with E-state index < -0.39 is 12.0 Å². The molecule has 0 aliphatic rings. The van der Waals surface area contributed by atoms with Crippen LogP contribution < -0.4 is 5.32 Å². The molecule has 0 radical (unpaired) electrons. The fraction of sp³-hybridized carbons (Fsp3) is 0.368. The van der Waals surface area contributed by atoms with E-state index in [-0.39, 0.29) is 51.7 Å². The van der Waals surface area contributed by atoms with Gasteiger partial charge in [-0.15, -0.1) is 0 Å². The van der Waals surface area contributed by atoms with Gasteiger partial charge in [-0.3, -0.25) is 4.79 Å². The zero-order valence-electron chi connectivity index (χ0n) is 16.4. The Hall–Kier alpha value is -3.40. The number of hydrogen-bond acceptors (Lipinski definition) is 9. The number of amides is 1. The molecule has 0 spiro atoms. The maximum atomic E-state index is 12.5. The Morgan fingerprint density at radius 2 is 1.86 bits per heavy atom. The Balaban J connectivity index is 2.25. The first-order chi connectivity index (χ1) is 13.7. The summed E-state index contributed by atoms with van der Waals surface area (Å²) < 4.78 is 10.4. The molecule has 0 saturated carbocycles. The van der Waals surface area contributed by atoms with Crippen LogP contribution >= 0.6 is 0 Å². The number of aliphatic hydroxyl groups excluding tert-OH is 1. The molecule has 1 aromatic carbocycles. The third-order valence-corrected chi connectivity index (χ3v) is 4.28. The number of phenolic OH excluding ortho intramolecular Hbond substituents is 2. The monoisotopic (exact) mass is 402 g/mol. The van der Waals surface area contributed by atoms with E-state index in [1.165, 1.54) is 13.0 Å². The number of benzene rings is 1. The van der Waals surface area contributed by atoms with Crippen LogP contribution in [0.5, 0.6) is 11.5 Å². The van der Waals surface area contributed by atoms with E-state index in [9.17, 15) is 20.1 Å². The number of aromatic hydroxyl groups is 2. The smallest absolute Gasteiger partial charge is 0.274 e. The average Bonchev–Trinajstić information content (AvgIpc) is 3.28. The molecular weight excluding hydrogens is 380 g/mol. The summed E-state index contributed by atoms with van der Waals surface area (Å²) in [7, 11) is 0. The molecule has 154 valence electrons. The van der Waals surface area contributed by atoms with Gasteiger partial charge in [0.05, 0.1) is 5.56 Å². The number of nitrogens with one attached hydrogen (secondary N) is 1. The van der Waals surface area contributed by atoms with E-state index in [0.29, 0.717) is 12.1 Å². The molecule has 3 aromatic rings. The van der Waals surface area contributed by atoms with Crippen molar-refractivity contribution in [1.82, 2.24) is 20.6 Å². The van der Waals surface area contributed by atoms with Crippen LogP contribution in [0.3, 0.4) is 0 Å². The summed E-state index contributed by atoms with van der Waals surface area (Å²) in [4.78, 5) is 16.6. The lowest BCUT2D eigenvalue weighted by molar-refractivity contribution is 0.0947. The summed E-state index contributed by atoms with van der Waals surface area (Å²) in [5.41, 5.74) is 0.770. The second kappa shape index (κ2) is 7.92. The van der Waals surface area contributed by atoms with Gasteiger partial charge < -0.3 is 29.7 Å².